The number of carbonyl (C=O) groups excluding carboxylic acids is 1. The molecule has 0 aromatic heterocycles. The van der Waals surface area contributed by atoms with Crippen molar-refractivity contribution < 1.29 is 24.2 Å². The topological polar surface area (TPSA) is 82.5 Å². The second-order valence-corrected chi connectivity index (χ2v) is 10.7. The van der Waals surface area contributed by atoms with E-state index in [-0.39, 0.29) is 18.8 Å². The van der Waals surface area contributed by atoms with Gasteiger partial charge in [0.05, 0.1) is 6.10 Å². The lowest BCUT2D eigenvalue weighted by molar-refractivity contribution is -0.145. The van der Waals surface area contributed by atoms with E-state index in [0.29, 0.717) is 12.0 Å². The van der Waals surface area contributed by atoms with Crippen molar-refractivity contribution >= 4 is 12.1 Å². The van der Waals surface area contributed by atoms with Gasteiger partial charge in [-0.3, -0.25) is 4.90 Å². The molecule has 32 heavy (non-hydrogen) atoms. The van der Waals surface area contributed by atoms with Crippen molar-refractivity contribution in [2.24, 2.45) is 5.92 Å². The fourth-order valence-electron chi connectivity index (χ4n) is 5.21. The van der Waals surface area contributed by atoms with Crippen molar-refractivity contribution in [2.75, 3.05) is 52.4 Å². The molecular weight excluding hydrogens is 410 g/mol. The van der Waals surface area contributed by atoms with E-state index in [1.165, 1.54) is 6.42 Å². The first-order chi connectivity index (χ1) is 15.2. The summed E-state index contributed by atoms with van der Waals surface area (Å²) in [7, 11) is 0. The van der Waals surface area contributed by atoms with Crippen molar-refractivity contribution in [3.05, 3.63) is 0 Å². The summed E-state index contributed by atoms with van der Waals surface area (Å²) < 4.78 is 11.0. The molecule has 0 unspecified atom stereocenters. The summed E-state index contributed by atoms with van der Waals surface area (Å²) in [5.74, 6) is -0.176. The van der Waals surface area contributed by atoms with Gasteiger partial charge in [-0.1, -0.05) is 0 Å². The summed E-state index contributed by atoms with van der Waals surface area (Å²) in [4.78, 5) is 30.0. The zero-order valence-electron chi connectivity index (χ0n) is 20.3. The molecule has 3 aliphatic rings. The van der Waals surface area contributed by atoms with Gasteiger partial charge in [-0.05, 0) is 78.2 Å². The van der Waals surface area contributed by atoms with E-state index < -0.39 is 11.6 Å². The molecule has 2 heterocycles. The summed E-state index contributed by atoms with van der Waals surface area (Å²) in [5.41, 5.74) is -0.427. The minimum Gasteiger partial charge on any atom is -0.480 e. The third kappa shape index (κ3) is 8.19. The Morgan fingerprint density at radius 2 is 1.53 bits per heavy atom. The highest BCUT2D eigenvalue weighted by Gasteiger charge is 2.30. The second kappa shape index (κ2) is 11.7. The lowest BCUT2D eigenvalue weighted by atomic mass is 9.91. The number of likely N-dealkylation sites (tertiary alicyclic amines) is 1. The third-order valence-corrected chi connectivity index (χ3v) is 7.13. The van der Waals surface area contributed by atoms with Crippen LogP contribution in [0.1, 0.15) is 65.7 Å². The van der Waals surface area contributed by atoms with Gasteiger partial charge in [0.2, 0.25) is 0 Å². The van der Waals surface area contributed by atoms with Crippen molar-refractivity contribution in [1.29, 1.82) is 0 Å². The van der Waals surface area contributed by atoms with Gasteiger partial charge in [-0.2, -0.15) is 0 Å². The van der Waals surface area contributed by atoms with Crippen LogP contribution in [-0.2, 0) is 14.3 Å². The Hall–Kier alpha value is -1.38. The SMILES string of the molecule is CC(C)(C)OC(=O)N1CCC(CCN2CCN([C@H]3CC[C@H](OCC(=O)O)CC3)CC2)CC1. The van der Waals surface area contributed by atoms with Gasteiger partial charge in [0.15, 0.2) is 0 Å². The summed E-state index contributed by atoms with van der Waals surface area (Å²) >= 11 is 0. The first kappa shape index (κ1) is 25.2. The Labute approximate surface area is 193 Å². The number of rotatable bonds is 7. The molecule has 1 amide bonds. The number of ether oxygens (including phenoxy) is 2. The number of nitrogens with zero attached hydrogens (tertiary/aromatic N) is 3. The van der Waals surface area contributed by atoms with E-state index in [1.54, 1.807) is 0 Å². The van der Waals surface area contributed by atoms with Crippen LogP contribution < -0.4 is 0 Å². The number of aliphatic carboxylic acids is 1. The molecule has 0 spiro atoms. The average Bonchev–Trinajstić information content (AvgIpc) is 2.76. The van der Waals surface area contributed by atoms with Crippen molar-refractivity contribution in [2.45, 2.75) is 83.5 Å². The molecule has 0 radical (unpaired) electrons. The van der Waals surface area contributed by atoms with Crippen LogP contribution in [0.5, 0.6) is 0 Å². The number of carboxylic acids is 1. The Morgan fingerprint density at radius 1 is 0.906 bits per heavy atom. The summed E-state index contributed by atoms with van der Waals surface area (Å²) in [6, 6.07) is 0.624. The van der Waals surface area contributed by atoms with Gasteiger partial charge in [0, 0.05) is 45.3 Å². The molecule has 3 fully saturated rings. The number of amides is 1. The van der Waals surface area contributed by atoms with E-state index in [1.807, 2.05) is 25.7 Å². The molecule has 3 rings (SSSR count). The summed E-state index contributed by atoms with van der Waals surface area (Å²) in [5, 5.41) is 8.76. The molecule has 1 aliphatic carbocycles. The number of carbonyl (C=O) groups is 2. The Balaban J connectivity index is 1.27. The summed E-state index contributed by atoms with van der Waals surface area (Å²) in [6.45, 7) is 12.9. The molecule has 0 aromatic rings. The number of carboxylic acid groups (broad SMARTS) is 1. The monoisotopic (exact) mass is 453 g/mol. The molecule has 0 aromatic carbocycles. The smallest absolute Gasteiger partial charge is 0.410 e. The maximum atomic E-state index is 12.2. The zero-order valence-corrected chi connectivity index (χ0v) is 20.3. The van der Waals surface area contributed by atoms with Gasteiger partial charge in [-0.25, -0.2) is 9.59 Å². The Bertz CT molecular complexity index is 599. The molecule has 184 valence electrons. The van der Waals surface area contributed by atoms with Crippen LogP contribution in [0.4, 0.5) is 4.79 Å². The normalized spacial score (nSPS) is 26.8. The largest absolute Gasteiger partial charge is 0.480 e. The molecule has 8 heteroatoms. The van der Waals surface area contributed by atoms with Crippen LogP contribution in [0, 0.1) is 5.92 Å². The van der Waals surface area contributed by atoms with Crippen LogP contribution in [0.25, 0.3) is 0 Å². The van der Waals surface area contributed by atoms with E-state index in [9.17, 15) is 9.59 Å². The molecule has 1 N–H and O–H groups in total. The fraction of sp³-hybridized carbons (Fsp3) is 0.917. The quantitative estimate of drug-likeness (QED) is 0.634. The lowest BCUT2D eigenvalue weighted by Gasteiger charge is -2.42. The molecule has 2 aliphatic heterocycles. The van der Waals surface area contributed by atoms with Crippen molar-refractivity contribution in [3.8, 4) is 0 Å². The maximum absolute atomic E-state index is 12.2. The van der Waals surface area contributed by atoms with Gasteiger partial charge >= 0.3 is 12.1 Å². The van der Waals surface area contributed by atoms with E-state index in [0.717, 1.165) is 84.3 Å². The predicted octanol–water partition coefficient (Wildman–Crippen LogP) is 3.05. The highest BCUT2D eigenvalue weighted by molar-refractivity contribution is 5.68. The van der Waals surface area contributed by atoms with Gasteiger partial charge < -0.3 is 24.4 Å². The van der Waals surface area contributed by atoms with Crippen molar-refractivity contribution in [3.63, 3.8) is 0 Å². The maximum Gasteiger partial charge on any atom is 0.410 e. The van der Waals surface area contributed by atoms with Gasteiger partial charge in [-0.15, -0.1) is 0 Å². The second-order valence-electron chi connectivity index (χ2n) is 10.7. The number of piperidine rings is 1. The number of hydrogen-bond acceptors (Lipinski definition) is 6. The van der Waals surface area contributed by atoms with Crippen LogP contribution in [0.15, 0.2) is 0 Å². The van der Waals surface area contributed by atoms with E-state index in [4.69, 9.17) is 14.6 Å². The Morgan fingerprint density at radius 3 is 2.09 bits per heavy atom. The Kier molecular flexibility index (Phi) is 9.20. The minimum atomic E-state index is -0.878. The molecule has 8 nitrogen and oxygen atoms in total. The number of piperazine rings is 1. The van der Waals surface area contributed by atoms with E-state index >= 15 is 0 Å². The van der Waals surface area contributed by atoms with Crippen LogP contribution in [-0.4, -0.2) is 102 Å². The lowest BCUT2D eigenvalue weighted by Crippen LogP contribution is -2.51. The van der Waals surface area contributed by atoms with E-state index in [2.05, 4.69) is 9.80 Å². The van der Waals surface area contributed by atoms with Crippen LogP contribution >= 0.6 is 0 Å². The molecule has 1 saturated carbocycles. The molecule has 0 atom stereocenters. The first-order valence-electron chi connectivity index (χ1n) is 12.5. The minimum absolute atomic E-state index is 0.116. The standard InChI is InChI=1S/C24H43N3O5/c1-24(2,3)32-23(30)27-12-9-19(10-13-27)8-11-25-14-16-26(17-15-25)20-4-6-21(7-5-20)31-18-22(28)29/h19-21H,4-18H2,1-3H3,(H,28,29)/t20-,21-. The number of hydrogen-bond donors (Lipinski definition) is 1. The van der Waals surface area contributed by atoms with Gasteiger partial charge in [0.1, 0.15) is 12.2 Å². The predicted molar refractivity (Wildman–Crippen MR) is 123 cm³/mol. The highest BCUT2D eigenvalue weighted by Crippen LogP contribution is 2.27. The van der Waals surface area contributed by atoms with Crippen molar-refractivity contribution in [1.82, 2.24) is 14.7 Å². The highest BCUT2D eigenvalue weighted by atomic mass is 16.6. The third-order valence-electron chi connectivity index (χ3n) is 7.13. The van der Waals surface area contributed by atoms with Gasteiger partial charge in [0.25, 0.3) is 0 Å². The molecule has 0 bridgehead atoms. The fourth-order valence-corrected chi connectivity index (χ4v) is 5.21. The zero-order chi connectivity index (χ0) is 23.1. The summed E-state index contributed by atoms with van der Waals surface area (Å²) in [6.07, 6.45) is 7.48. The van der Waals surface area contributed by atoms with Crippen LogP contribution in [0.3, 0.4) is 0 Å². The first-order valence-corrected chi connectivity index (χ1v) is 12.5. The molecule has 2 saturated heterocycles. The average molecular weight is 454 g/mol. The van der Waals surface area contributed by atoms with Crippen LogP contribution in [0.2, 0.25) is 0 Å². The molecular formula is C24H43N3O5.